The molecule has 1 aromatic rings. The first-order chi connectivity index (χ1) is 8.27. The summed E-state index contributed by atoms with van der Waals surface area (Å²) < 4.78 is 5.97. The fraction of sp³-hybridized carbons (Fsp3) is 0.467. The second-order valence-corrected chi connectivity index (χ2v) is 4.27. The molecule has 1 N–H and O–H groups in total. The van der Waals surface area contributed by atoms with E-state index in [9.17, 15) is 0 Å². The molecule has 0 aliphatic rings. The number of nitrogens with one attached hydrogen (secondary N) is 1. The van der Waals surface area contributed by atoms with Gasteiger partial charge in [-0.25, -0.2) is 0 Å². The summed E-state index contributed by atoms with van der Waals surface area (Å²) in [6.07, 6.45) is 5.24. The van der Waals surface area contributed by atoms with E-state index in [1.165, 1.54) is 5.56 Å². The number of allylic oxidation sites excluding steroid dienone is 1. The molecule has 0 aliphatic heterocycles. The first-order valence-corrected chi connectivity index (χ1v) is 6.28. The molecule has 1 unspecified atom stereocenters. The lowest BCUT2D eigenvalue weighted by Gasteiger charge is -2.17. The van der Waals surface area contributed by atoms with Gasteiger partial charge in [-0.1, -0.05) is 24.3 Å². The zero-order chi connectivity index (χ0) is 12.5. The molecule has 0 radical (unpaired) electrons. The molecule has 0 saturated carbocycles. The van der Waals surface area contributed by atoms with Crippen molar-refractivity contribution in [2.45, 2.75) is 32.3 Å². The quantitative estimate of drug-likeness (QED) is 0.550. The molecule has 0 heterocycles. The molecule has 0 bridgehead atoms. The number of hydrogen-bond acceptors (Lipinski definition) is 2. The van der Waals surface area contributed by atoms with Crippen molar-refractivity contribution in [2.24, 2.45) is 0 Å². The van der Waals surface area contributed by atoms with Crippen LogP contribution in [0.25, 0.3) is 0 Å². The molecule has 94 valence electrons. The molecule has 0 spiro atoms. The maximum atomic E-state index is 5.97. The molecule has 0 aromatic heterocycles. The van der Waals surface area contributed by atoms with Gasteiger partial charge in [0.15, 0.2) is 0 Å². The van der Waals surface area contributed by atoms with Crippen molar-refractivity contribution >= 4 is 0 Å². The van der Waals surface area contributed by atoms with Crippen LogP contribution in [0.3, 0.4) is 0 Å². The number of rotatable bonds is 8. The second kappa shape index (κ2) is 7.91. The van der Waals surface area contributed by atoms with E-state index in [-0.39, 0.29) is 6.10 Å². The van der Waals surface area contributed by atoms with Gasteiger partial charge in [-0.3, -0.25) is 0 Å². The molecule has 2 nitrogen and oxygen atoms in total. The summed E-state index contributed by atoms with van der Waals surface area (Å²) in [6.45, 7) is 6.94. The zero-order valence-electron chi connectivity index (χ0n) is 10.9. The molecule has 0 aliphatic carbocycles. The van der Waals surface area contributed by atoms with Gasteiger partial charge in [0.25, 0.3) is 0 Å². The predicted molar refractivity (Wildman–Crippen MR) is 73.6 cm³/mol. The van der Waals surface area contributed by atoms with E-state index in [0.717, 1.165) is 31.6 Å². The lowest BCUT2D eigenvalue weighted by atomic mass is 10.1. The van der Waals surface area contributed by atoms with Crippen molar-refractivity contribution < 1.29 is 4.74 Å². The molecule has 1 aromatic carbocycles. The van der Waals surface area contributed by atoms with E-state index in [0.29, 0.717) is 0 Å². The van der Waals surface area contributed by atoms with Gasteiger partial charge in [0.1, 0.15) is 5.75 Å². The standard InChI is InChI=1S/C15H23NO/c1-4-8-14-10-5-6-11-15(14)17-13(2)9-7-12-16-3/h4-6,10-11,13,16H,1,7-9,12H2,2-3H3. The highest BCUT2D eigenvalue weighted by atomic mass is 16.5. The average molecular weight is 233 g/mol. The fourth-order valence-electron chi connectivity index (χ4n) is 1.78. The maximum absolute atomic E-state index is 5.97. The number of benzene rings is 1. The van der Waals surface area contributed by atoms with Crippen LogP contribution in [0.15, 0.2) is 36.9 Å². The minimum Gasteiger partial charge on any atom is -0.490 e. The van der Waals surface area contributed by atoms with Crippen molar-refractivity contribution in [2.75, 3.05) is 13.6 Å². The van der Waals surface area contributed by atoms with Crippen LogP contribution in [0.1, 0.15) is 25.3 Å². The van der Waals surface area contributed by atoms with Gasteiger partial charge in [-0.05, 0) is 51.4 Å². The lowest BCUT2D eigenvalue weighted by Crippen LogP contribution is -2.16. The average Bonchev–Trinajstić information content (AvgIpc) is 2.32. The van der Waals surface area contributed by atoms with Crippen molar-refractivity contribution in [3.8, 4) is 5.75 Å². The van der Waals surface area contributed by atoms with Crippen LogP contribution in [0.5, 0.6) is 5.75 Å². The highest BCUT2D eigenvalue weighted by Gasteiger charge is 2.06. The van der Waals surface area contributed by atoms with Gasteiger partial charge >= 0.3 is 0 Å². The number of para-hydroxylation sites is 1. The maximum Gasteiger partial charge on any atom is 0.123 e. The van der Waals surface area contributed by atoms with Crippen LogP contribution in [-0.2, 0) is 6.42 Å². The van der Waals surface area contributed by atoms with Crippen LogP contribution in [0.2, 0.25) is 0 Å². The Labute approximate surface area is 105 Å². The number of hydrogen-bond donors (Lipinski definition) is 1. The van der Waals surface area contributed by atoms with Crippen LogP contribution in [-0.4, -0.2) is 19.7 Å². The lowest BCUT2D eigenvalue weighted by molar-refractivity contribution is 0.206. The monoisotopic (exact) mass is 233 g/mol. The van der Waals surface area contributed by atoms with Gasteiger partial charge in [0, 0.05) is 0 Å². The van der Waals surface area contributed by atoms with Gasteiger partial charge in [-0.15, -0.1) is 6.58 Å². The Morgan fingerprint density at radius 2 is 2.18 bits per heavy atom. The van der Waals surface area contributed by atoms with Gasteiger partial charge in [-0.2, -0.15) is 0 Å². The third-order valence-corrected chi connectivity index (χ3v) is 2.70. The van der Waals surface area contributed by atoms with Crippen molar-refractivity contribution in [1.82, 2.24) is 5.32 Å². The Balaban J connectivity index is 2.51. The Bertz CT molecular complexity index is 335. The second-order valence-electron chi connectivity index (χ2n) is 4.27. The first-order valence-electron chi connectivity index (χ1n) is 6.28. The topological polar surface area (TPSA) is 21.3 Å². The molecule has 0 fully saturated rings. The highest BCUT2D eigenvalue weighted by molar-refractivity contribution is 5.34. The normalized spacial score (nSPS) is 12.1. The third kappa shape index (κ3) is 5.05. The smallest absolute Gasteiger partial charge is 0.123 e. The highest BCUT2D eigenvalue weighted by Crippen LogP contribution is 2.21. The Morgan fingerprint density at radius 1 is 1.41 bits per heavy atom. The minimum absolute atomic E-state index is 0.259. The Hall–Kier alpha value is -1.28. The van der Waals surface area contributed by atoms with Crippen LogP contribution in [0, 0.1) is 0 Å². The summed E-state index contributed by atoms with van der Waals surface area (Å²) in [5.74, 6) is 0.990. The number of ether oxygens (including phenoxy) is 1. The van der Waals surface area contributed by atoms with E-state index in [1.807, 2.05) is 31.3 Å². The molecule has 0 saturated heterocycles. The molecule has 0 amide bonds. The van der Waals surface area contributed by atoms with E-state index in [4.69, 9.17) is 4.74 Å². The van der Waals surface area contributed by atoms with Crippen molar-refractivity contribution in [3.63, 3.8) is 0 Å². The molecular weight excluding hydrogens is 210 g/mol. The minimum atomic E-state index is 0.259. The Kier molecular flexibility index (Phi) is 6.41. The predicted octanol–water partition coefficient (Wildman–Crippen LogP) is 3.18. The summed E-state index contributed by atoms with van der Waals surface area (Å²) in [7, 11) is 1.98. The summed E-state index contributed by atoms with van der Waals surface area (Å²) in [6, 6.07) is 8.18. The Morgan fingerprint density at radius 3 is 2.88 bits per heavy atom. The molecule has 2 heteroatoms. The van der Waals surface area contributed by atoms with Crippen LogP contribution in [0.4, 0.5) is 0 Å². The van der Waals surface area contributed by atoms with Crippen LogP contribution < -0.4 is 10.1 Å². The molecule has 1 atom stereocenters. The van der Waals surface area contributed by atoms with Gasteiger partial charge < -0.3 is 10.1 Å². The molecule has 17 heavy (non-hydrogen) atoms. The molecular formula is C15H23NO. The fourth-order valence-corrected chi connectivity index (χ4v) is 1.78. The largest absolute Gasteiger partial charge is 0.490 e. The van der Waals surface area contributed by atoms with Crippen molar-refractivity contribution in [3.05, 3.63) is 42.5 Å². The molecule has 1 rings (SSSR count). The third-order valence-electron chi connectivity index (χ3n) is 2.70. The SMILES string of the molecule is C=CCc1ccccc1OC(C)CCCNC. The van der Waals surface area contributed by atoms with E-state index in [1.54, 1.807) is 0 Å². The van der Waals surface area contributed by atoms with Gasteiger partial charge in [0.05, 0.1) is 6.10 Å². The first kappa shape index (κ1) is 13.8. The van der Waals surface area contributed by atoms with Gasteiger partial charge in [0.2, 0.25) is 0 Å². The van der Waals surface area contributed by atoms with Crippen molar-refractivity contribution in [1.29, 1.82) is 0 Å². The summed E-state index contributed by atoms with van der Waals surface area (Å²) in [5.41, 5.74) is 1.21. The summed E-state index contributed by atoms with van der Waals surface area (Å²) in [5, 5.41) is 3.15. The summed E-state index contributed by atoms with van der Waals surface area (Å²) >= 11 is 0. The van der Waals surface area contributed by atoms with Crippen LogP contribution >= 0.6 is 0 Å². The zero-order valence-corrected chi connectivity index (χ0v) is 10.9. The summed E-state index contributed by atoms with van der Waals surface area (Å²) in [4.78, 5) is 0. The van der Waals surface area contributed by atoms with E-state index in [2.05, 4.69) is 24.9 Å². The van der Waals surface area contributed by atoms with E-state index >= 15 is 0 Å². The van der Waals surface area contributed by atoms with E-state index < -0.39 is 0 Å².